The number of anilines is 1. The number of hydrogen-bond donors (Lipinski definition) is 2. The monoisotopic (exact) mass is 469 g/mol. The van der Waals surface area contributed by atoms with Crippen molar-refractivity contribution in [3.8, 4) is 11.8 Å². The highest BCUT2D eigenvalue weighted by molar-refractivity contribution is 5.89. The van der Waals surface area contributed by atoms with Crippen LogP contribution in [0.1, 0.15) is 12.7 Å². The summed E-state index contributed by atoms with van der Waals surface area (Å²) in [6.45, 7) is 4.00. The summed E-state index contributed by atoms with van der Waals surface area (Å²) in [5.74, 6) is 2.50. The van der Waals surface area contributed by atoms with Crippen LogP contribution in [-0.4, -0.2) is 69.9 Å². The zero-order valence-corrected chi connectivity index (χ0v) is 18.0. The van der Waals surface area contributed by atoms with Crippen molar-refractivity contribution in [2.75, 3.05) is 37.6 Å². The number of halogens is 3. The zero-order chi connectivity index (χ0) is 24.2. The number of carbonyl (C=O) groups excluding carboxylic acids is 2. The van der Waals surface area contributed by atoms with Gasteiger partial charge in [0.1, 0.15) is 5.82 Å². The van der Waals surface area contributed by atoms with Gasteiger partial charge in [0.15, 0.2) is 11.2 Å². The lowest BCUT2D eigenvalue weighted by Gasteiger charge is -2.28. The lowest BCUT2D eigenvalue weighted by Crippen LogP contribution is -2.44. The highest BCUT2D eigenvalue weighted by Gasteiger charge is 2.42. The second-order valence-corrected chi connectivity index (χ2v) is 7.09. The summed E-state index contributed by atoms with van der Waals surface area (Å²) in [6, 6.07) is 0. The van der Waals surface area contributed by atoms with Crippen LogP contribution < -0.4 is 21.1 Å². The molecule has 1 aliphatic rings. The first-order valence-electron chi connectivity index (χ1n) is 9.97. The molecule has 0 atom stereocenters. The van der Waals surface area contributed by atoms with Gasteiger partial charge in [-0.1, -0.05) is 5.92 Å². The number of nitrogens with zero attached hydrogens (tertiary/aromatic N) is 5. The van der Waals surface area contributed by atoms with Crippen molar-refractivity contribution in [3.63, 3.8) is 0 Å². The lowest BCUT2D eigenvalue weighted by molar-refractivity contribution is -0.201. The molecule has 2 aromatic heterocycles. The minimum Gasteiger partial charge on any atom is -0.385 e. The largest absolute Gasteiger partial charge is 0.491 e. The maximum absolute atomic E-state index is 13.1. The van der Waals surface area contributed by atoms with Gasteiger partial charge >= 0.3 is 18.1 Å². The average molecular weight is 469 g/mol. The van der Waals surface area contributed by atoms with Crippen LogP contribution in [0.3, 0.4) is 0 Å². The van der Waals surface area contributed by atoms with Crippen LogP contribution >= 0.6 is 0 Å². The van der Waals surface area contributed by atoms with Gasteiger partial charge < -0.3 is 15.0 Å². The molecule has 11 nitrogen and oxygen atoms in total. The lowest BCUT2D eigenvalue weighted by atomic mass is 10.4. The van der Waals surface area contributed by atoms with E-state index in [1.165, 1.54) is 11.6 Å². The van der Waals surface area contributed by atoms with Crippen LogP contribution in [0.25, 0.3) is 11.2 Å². The molecular weight excluding hydrogens is 447 g/mol. The van der Waals surface area contributed by atoms with Crippen molar-refractivity contribution in [1.82, 2.24) is 29.7 Å². The Hall–Kier alpha value is -3.44. The van der Waals surface area contributed by atoms with Crippen molar-refractivity contribution in [2.24, 2.45) is 7.05 Å². The number of rotatable bonds is 6. The van der Waals surface area contributed by atoms with E-state index in [1.54, 1.807) is 11.5 Å². The van der Waals surface area contributed by atoms with Crippen molar-refractivity contribution >= 4 is 29.1 Å². The Morgan fingerprint density at radius 1 is 1.24 bits per heavy atom. The number of aromatic nitrogens is 4. The number of fused-ring (bicyclic) bond motifs is 1. The number of nitrogens with one attached hydrogen (secondary N) is 2. The summed E-state index contributed by atoms with van der Waals surface area (Å²) >= 11 is 0. The van der Waals surface area contributed by atoms with E-state index in [0.717, 1.165) is 13.1 Å². The molecule has 3 rings (SSSR count). The van der Waals surface area contributed by atoms with Gasteiger partial charge in [0.25, 0.3) is 5.56 Å². The van der Waals surface area contributed by atoms with E-state index >= 15 is 0 Å². The number of imidazole rings is 1. The normalized spacial score (nSPS) is 14.2. The molecule has 1 saturated heterocycles. The maximum Gasteiger partial charge on any atom is 0.491 e. The van der Waals surface area contributed by atoms with E-state index < -0.39 is 30.2 Å². The number of ether oxygens (including phenoxy) is 1. The van der Waals surface area contributed by atoms with E-state index in [2.05, 4.69) is 37.2 Å². The summed E-state index contributed by atoms with van der Waals surface area (Å²) < 4.78 is 43.2. The van der Waals surface area contributed by atoms with Crippen molar-refractivity contribution < 1.29 is 27.5 Å². The van der Waals surface area contributed by atoms with Gasteiger partial charge in [-0.25, -0.2) is 9.78 Å². The predicted molar refractivity (Wildman–Crippen MR) is 110 cm³/mol. The highest BCUT2D eigenvalue weighted by atomic mass is 19.4. The van der Waals surface area contributed by atoms with Crippen LogP contribution in [0.4, 0.5) is 19.1 Å². The van der Waals surface area contributed by atoms with E-state index in [9.17, 15) is 27.6 Å². The molecule has 14 heteroatoms. The first kappa shape index (κ1) is 24.2. The van der Waals surface area contributed by atoms with Crippen molar-refractivity contribution in [3.05, 3.63) is 16.2 Å². The molecule has 1 aliphatic heterocycles. The Morgan fingerprint density at radius 3 is 2.58 bits per heavy atom. The molecule has 0 unspecified atom stereocenters. The van der Waals surface area contributed by atoms with Crippen LogP contribution in [0.15, 0.2) is 4.79 Å². The van der Waals surface area contributed by atoms with Gasteiger partial charge in [0.2, 0.25) is 5.95 Å². The van der Waals surface area contributed by atoms with Crippen molar-refractivity contribution in [2.45, 2.75) is 26.2 Å². The van der Waals surface area contributed by atoms with Gasteiger partial charge in [-0.2, -0.15) is 18.2 Å². The van der Waals surface area contributed by atoms with Gasteiger partial charge in [0, 0.05) is 33.2 Å². The molecule has 0 spiro atoms. The number of esters is 2. The Bertz CT molecular complexity index is 1170. The van der Waals surface area contributed by atoms with Gasteiger partial charge in [-0.05, 0) is 6.92 Å². The fraction of sp³-hybridized carbons (Fsp3) is 0.526. The minimum atomic E-state index is -5.27. The van der Waals surface area contributed by atoms with Crippen LogP contribution in [-0.2, 0) is 34.5 Å². The topological polar surface area (TPSA) is 123 Å². The number of alkyl halides is 3. The third-order valence-corrected chi connectivity index (χ3v) is 4.86. The fourth-order valence-corrected chi connectivity index (χ4v) is 3.24. The molecule has 178 valence electrons. The Kier molecular flexibility index (Phi) is 7.34. The number of hydrogen-bond acceptors (Lipinski definition) is 9. The van der Waals surface area contributed by atoms with Crippen LogP contribution in [0.2, 0.25) is 0 Å². The summed E-state index contributed by atoms with van der Waals surface area (Å²) in [7, 11) is 1.48. The molecule has 3 heterocycles. The molecule has 2 aromatic rings. The smallest absolute Gasteiger partial charge is 0.385 e. The molecular formula is C19H22F3N7O4. The molecule has 0 aliphatic carbocycles. The number of carbonyl (C=O) groups is 2. The SMILES string of the molecule is CC#CCn1c(N2CCNCC2)nc2nc(CNCC(=O)OC(=O)C(F)(F)F)n(C)c(=O)c21. The third kappa shape index (κ3) is 5.49. The van der Waals surface area contributed by atoms with Crippen LogP contribution in [0.5, 0.6) is 0 Å². The second-order valence-electron chi connectivity index (χ2n) is 7.09. The Labute approximate surface area is 185 Å². The molecule has 2 N–H and O–H groups in total. The summed E-state index contributed by atoms with van der Waals surface area (Å²) in [6.07, 6.45) is -5.27. The van der Waals surface area contributed by atoms with E-state index in [1.807, 2.05) is 4.90 Å². The highest BCUT2D eigenvalue weighted by Crippen LogP contribution is 2.20. The molecule has 1 fully saturated rings. The first-order chi connectivity index (χ1) is 15.6. The summed E-state index contributed by atoms with van der Waals surface area (Å²) in [5.41, 5.74) is 0.0716. The summed E-state index contributed by atoms with van der Waals surface area (Å²) in [5, 5.41) is 5.76. The molecule has 0 aromatic carbocycles. The molecule has 33 heavy (non-hydrogen) atoms. The average Bonchev–Trinajstić information content (AvgIpc) is 3.13. The first-order valence-corrected chi connectivity index (χ1v) is 9.97. The standard InChI is InChI=1S/C19H22F3N7O4/c1-3-4-7-29-14-15(26-18(29)28-8-5-23-6-9-28)25-12(27(2)16(14)31)10-24-11-13(30)33-17(32)19(20,21)22/h23-24H,5-11H2,1-2H3. The van der Waals surface area contributed by atoms with E-state index in [4.69, 9.17) is 0 Å². The van der Waals surface area contributed by atoms with E-state index in [0.29, 0.717) is 19.0 Å². The summed E-state index contributed by atoms with van der Waals surface area (Å²) in [4.78, 5) is 46.2. The molecule has 0 bridgehead atoms. The van der Waals surface area contributed by atoms with Gasteiger partial charge in [-0.15, -0.1) is 5.92 Å². The van der Waals surface area contributed by atoms with Crippen LogP contribution in [0, 0.1) is 11.8 Å². The quantitative estimate of drug-likeness (QED) is 0.321. The maximum atomic E-state index is 13.1. The minimum absolute atomic E-state index is 0.151. The van der Waals surface area contributed by atoms with Crippen molar-refractivity contribution in [1.29, 1.82) is 0 Å². The predicted octanol–water partition coefficient (Wildman–Crippen LogP) is -0.715. The number of piperazine rings is 1. The molecule has 0 saturated carbocycles. The van der Waals surface area contributed by atoms with E-state index in [-0.39, 0.29) is 30.1 Å². The van der Waals surface area contributed by atoms with Gasteiger partial charge in [-0.3, -0.25) is 24.0 Å². The Morgan fingerprint density at radius 2 is 1.94 bits per heavy atom. The fourth-order valence-electron chi connectivity index (χ4n) is 3.24. The zero-order valence-electron chi connectivity index (χ0n) is 18.0. The third-order valence-electron chi connectivity index (χ3n) is 4.86. The second kappa shape index (κ2) is 10.0. The molecule has 0 radical (unpaired) electrons. The Balaban J connectivity index is 1.83. The molecule has 0 amide bonds. The van der Waals surface area contributed by atoms with Gasteiger partial charge in [0.05, 0.1) is 19.6 Å².